The van der Waals surface area contributed by atoms with Gasteiger partial charge in [0.1, 0.15) is 0 Å². The summed E-state index contributed by atoms with van der Waals surface area (Å²) in [4.78, 5) is 0. The molecule has 0 radical (unpaired) electrons. The van der Waals surface area contributed by atoms with E-state index < -0.39 is 0 Å². The molecule has 76 valence electrons. The Bertz CT molecular complexity index is 246. The average molecular weight is 188 g/mol. The summed E-state index contributed by atoms with van der Waals surface area (Å²) in [6, 6.07) is 10.7. The Morgan fingerprint density at radius 2 is 1.71 bits per heavy atom. The standard InChI is InChI=1S/C14H20/c1-2-3-4-5-6-8-11-14-12-9-7-10-13-14/h4-5,7,9-10,12-13H,2-3,6,8,11H2,1H3. The number of benzene rings is 1. The fourth-order valence-electron chi connectivity index (χ4n) is 1.47. The third-order valence-electron chi connectivity index (χ3n) is 2.30. The SMILES string of the molecule is CCCC=CCCCc1ccccc1. The molecule has 0 aliphatic rings. The molecular weight excluding hydrogens is 168 g/mol. The van der Waals surface area contributed by atoms with Crippen molar-refractivity contribution in [3.8, 4) is 0 Å². The van der Waals surface area contributed by atoms with Crippen molar-refractivity contribution in [2.75, 3.05) is 0 Å². The fraction of sp³-hybridized carbons (Fsp3) is 0.429. The van der Waals surface area contributed by atoms with Gasteiger partial charge in [-0.3, -0.25) is 0 Å². The fourth-order valence-corrected chi connectivity index (χ4v) is 1.47. The summed E-state index contributed by atoms with van der Waals surface area (Å²) in [5.41, 5.74) is 1.45. The van der Waals surface area contributed by atoms with Gasteiger partial charge >= 0.3 is 0 Å². The summed E-state index contributed by atoms with van der Waals surface area (Å²) in [6.45, 7) is 2.22. The van der Waals surface area contributed by atoms with Crippen molar-refractivity contribution in [3.05, 3.63) is 48.0 Å². The Balaban J connectivity index is 2.10. The molecule has 0 heterocycles. The Morgan fingerprint density at radius 1 is 1.00 bits per heavy atom. The molecule has 0 bridgehead atoms. The molecule has 1 rings (SSSR count). The van der Waals surface area contributed by atoms with Crippen molar-refractivity contribution in [3.63, 3.8) is 0 Å². The van der Waals surface area contributed by atoms with Gasteiger partial charge in [-0.05, 0) is 31.2 Å². The maximum Gasteiger partial charge on any atom is -0.0276 e. The Kier molecular flexibility index (Phi) is 5.81. The van der Waals surface area contributed by atoms with Crippen molar-refractivity contribution in [1.29, 1.82) is 0 Å². The van der Waals surface area contributed by atoms with Gasteiger partial charge in [-0.2, -0.15) is 0 Å². The first-order chi connectivity index (χ1) is 6.93. The van der Waals surface area contributed by atoms with Crippen molar-refractivity contribution in [2.45, 2.75) is 39.0 Å². The third-order valence-corrected chi connectivity index (χ3v) is 2.30. The molecule has 0 aromatic heterocycles. The number of allylic oxidation sites excluding steroid dienone is 2. The molecule has 0 nitrogen and oxygen atoms in total. The molecule has 1 aromatic carbocycles. The molecule has 0 amide bonds. The molecule has 0 aliphatic heterocycles. The van der Waals surface area contributed by atoms with Gasteiger partial charge in [0, 0.05) is 0 Å². The number of aryl methyl sites for hydroxylation is 1. The van der Waals surface area contributed by atoms with Gasteiger partial charge in [0.2, 0.25) is 0 Å². The van der Waals surface area contributed by atoms with Gasteiger partial charge in [0.05, 0.1) is 0 Å². The van der Waals surface area contributed by atoms with Crippen molar-refractivity contribution < 1.29 is 0 Å². The monoisotopic (exact) mass is 188 g/mol. The number of hydrogen-bond acceptors (Lipinski definition) is 0. The highest BCUT2D eigenvalue weighted by atomic mass is 13.9. The maximum absolute atomic E-state index is 2.31. The first-order valence-electron chi connectivity index (χ1n) is 5.62. The Hall–Kier alpha value is -1.04. The van der Waals surface area contributed by atoms with Gasteiger partial charge in [0.25, 0.3) is 0 Å². The lowest BCUT2D eigenvalue weighted by Gasteiger charge is -1.97. The minimum absolute atomic E-state index is 1.21. The molecule has 14 heavy (non-hydrogen) atoms. The van der Waals surface area contributed by atoms with Crippen LogP contribution in [-0.2, 0) is 6.42 Å². The van der Waals surface area contributed by atoms with Crippen LogP contribution < -0.4 is 0 Å². The van der Waals surface area contributed by atoms with Gasteiger partial charge in [-0.25, -0.2) is 0 Å². The molecular formula is C14H20. The van der Waals surface area contributed by atoms with Crippen molar-refractivity contribution in [2.24, 2.45) is 0 Å². The second-order valence-corrected chi connectivity index (χ2v) is 3.64. The summed E-state index contributed by atoms with van der Waals surface area (Å²) in [5.74, 6) is 0. The van der Waals surface area contributed by atoms with Gasteiger partial charge < -0.3 is 0 Å². The lowest BCUT2D eigenvalue weighted by Crippen LogP contribution is -1.82. The molecule has 1 aromatic rings. The van der Waals surface area contributed by atoms with E-state index in [9.17, 15) is 0 Å². The molecule has 0 N–H and O–H groups in total. The zero-order chi connectivity index (χ0) is 10.1. The second-order valence-electron chi connectivity index (χ2n) is 3.64. The first-order valence-corrected chi connectivity index (χ1v) is 5.62. The minimum atomic E-state index is 1.21. The number of rotatable bonds is 6. The van der Waals surface area contributed by atoms with Crippen LogP contribution in [0.3, 0.4) is 0 Å². The summed E-state index contributed by atoms with van der Waals surface area (Å²) in [5, 5.41) is 0. The largest absolute Gasteiger partial charge is 0.0885 e. The van der Waals surface area contributed by atoms with Crippen LogP contribution in [0.1, 0.15) is 38.2 Å². The van der Waals surface area contributed by atoms with E-state index in [1.807, 2.05) is 0 Å². The van der Waals surface area contributed by atoms with Crippen LogP contribution in [0.4, 0.5) is 0 Å². The third kappa shape index (κ3) is 4.86. The quantitative estimate of drug-likeness (QED) is 0.459. The summed E-state index contributed by atoms with van der Waals surface area (Å²) in [6.07, 6.45) is 10.8. The minimum Gasteiger partial charge on any atom is -0.0885 e. The topological polar surface area (TPSA) is 0 Å². The van der Waals surface area contributed by atoms with E-state index in [4.69, 9.17) is 0 Å². The van der Waals surface area contributed by atoms with Crippen LogP contribution in [0, 0.1) is 0 Å². The second kappa shape index (κ2) is 7.37. The zero-order valence-electron chi connectivity index (χ0n) is 9.08. The molecule has 0 spiro atoms. The van der Waals surface area contributed by atoms with Gasteiger partial charge in [-0.15, -0.1) is 0 Å². The van der Waals surface area contributed by atoms with Gasteiger partial charge in [-0.1, -0.05) is 55.8 Å². The number of hydrogen-bond donors (Lipinski definition) is 0. The lowest BCUT2D eigenvalue weighted by molar-refractivity contribution is 0.836. The highest BCUT2D eigenvalue weighted by molar-refractivity contribution is 5.14. The zero-order valence-corrected chi connectivity index (χ0v) is 9.08. The van der Waals surface area contributed by atoms with E-state index in [1.165, 1.54) is 37.7 Å². The van der Waals surface area contributed by atoms with Crippen LogP contribution >= 0.6 is 0 Å². The van der Waals surface area contributed by atoms with E-state index >= 15 is 0 Å². The van der Waals surface area contributed by atoms with Crippen LogP contribution in [0.2, 0.25) is 0 Å². The molecule has 0 atom stereocenters. The Morgan fingerprint density at radius 3 is 2.43 bits per heavy atom. The van der Waals surface area contributed by atoms with E-state index in [1.54, 1.807) is 0 Å². The van der Waals surface area contributed by atoms with Crippen molar-refractivity contribution in [1.82, 2.24) is 0 Å². The van der Waals surface area contributed by atoms with E-state index in [2.05, 4.69) is 49.4 Å². The maximum atomic E-state index is 2.31. The van der Waals surface area contributed by atoms with Crippen LogP contribution in [-0.4, -0.2) is 0 Å². The van der Waals surface area contributed by atoms with E-state index in [0.717, 1.165) is 0 Å². The summed E-state index contributed by atoms with van der Waals surface area (Å²) in [7, 11) is 0. The van der Waals surface area contributed by atoms with E-state index in [0.29, 0.717) is 0 Å². The highest BCUT2D eigenvalue weighted by Crippen LogP contribution is 2.05. The molecule has 0 saturated heterocycles. The summed E-state index contributed by atoms with van der Waals surface area (Å²) < 4.78 is 0. The van der Waals surface area contributed by atoms with Crippen molar-refractivity contribution >= 4 is 0 Å². The molecule has 0 heteroatoms. The molecule has 0 unspecified atom stereocenters. The Labute approximate surface area is 87.7 Å². The number of unbranched alkanes of at least 4 members (excludes halogenated alkanes) is 2. The predicted octanol–water partition coefficient (Wildman–Crippen LogP) is 4.37. The van der Waals surface area contributed by atoms with E-state index in [-0.39, 0.29) is 0 Å². The lowest BCUT2D eigenvalue weighted by atomic mass is 10.1. The highest BCUT2D eigenvalue weighted by Gasteiger charge is 1.89. The molecule has 0 saturated carbocycles. The normalized spacial score (nSPS) is 10.9. The van der Waals surface area contributed by atoms with Crippen LogP contribution in [0.25, 0.3) is 0 Å². The summed E-state index contributed by atoms with van der Waals surface area (Å²) >= 11 is 0. The average Bonchev–Trinajstić information content (AvgIpc) is 2.25. The van der Waals surface area contributed by atoms with Crippen LogP contribution in [0.15, 0.2) is 42.5 Å². The molecule has 0 fully saturated rings. The van der Waals surface area contributed by atoms with Crippen LogP contribution in [0.5, 0.6) is 0 Å². The smallest absolute Gasteiger partial charge is 0.0276 e. The van der Waals surface area contributed by atoms with Gasteiger partial charge in [0.15, 0.2) is 0 Å². The predicted molar refractivity (Wildman–Crippen MR) is 63.4 cm³/mol. The first kappa shape index (κ1) is 11.0. The molecule has 0 aliphatic carbocycles.